The number of piperazine rings is 1. The van der Waals surface area contributed by atoms with Crippen LogP contribution in [0.2, 0.25) is 0 Å². The molecule has 1 aromatic carbocycles. The maximum absolute atomic E-state index is 12.5. The molecule has 3 heteroatoms. The van der Waals surface area contributed by atoms with Crippen molar-refractivity contribution in [2.75, 3.05) is 26.2 Å². The summed E-state index contributed by atoms with van der Waals surface area (Å²) < 4.78 is 0. The Morgan fingerprint density at radius 2 is 1.62 bits per heavy atom. The summed E-state index contributed by atoms with van der Waals surface area (Å²) in [5, 5.41) is 0. The highest BCUT2D eigenvalue weighted by molar-refractivity contribution is 5.76. The number of carbonyl (C=O) groups excluding carboxylic acids is 1. The Hall–Kier alpha value is -1.35. The topological polar surface area (TPSA) is 23.6 Å². The van der Waals surface area contributed by atoms with Crippen molar-refractivity contribution >= 4 is 5.91 Å². The molecule has 0 radical (unpaired) electrons. The average molecular weight is 357 g/mol. The van der Waals surface area contributed by atoms with Gasteiger partial charge in [0.2, 0.25) is 5.91 Å². The van der Waals surface area contributed by atoms with Gasteiger partial charge in [0.1, 0.15) is 0 Å². The molecule has 2 aliphatic rings. The molecule has 144 valence electrons. The van der Waals surface area contributed by atoms with Crippen LogP contribution >= 0.6 is 0 Å². The summed E-state index contributed by atoms with van der Waals surface area (Å²) in [5.41, 5.74) is 2.97. The first-order chi connectivity index (χ1) is 12.4. The summed E-state index contributed by atoms with van der Waals surface area (Å²) in [6.07, 6.45) is 7.30. The van der Waals surface area contributed by atoms with Crippen LogP contribution in [0, 0.1) is 5.92 Å². The lowest BCUT2D eigenvalue weighted by molar-refractivity contribution is -0.133. The molecule has 1 aromatic rings. The molecule has 0 bridgehead atoms. The fourth-order valence-electron chi connectivity index (χ4n) is 4.31. The SMILES string of the molecule is CC(C)(C)c1ccc(CN2CCN(C(=O)CCC3CCCC3)CC2)cc1. The van der Waals surface area contributed by atoms with E-state index >= 15 is 0 Å². The minimum absolute atomic E-state index is 0.211. The number of nitrogens with zero attached hydrogens (tertiary/aromatic N) is 2. The van der Waals surface area contributed by atoms with E-state index in [0.717, 1.165) is 51.5 Å². The van der Waals surface area contributed by atoms with Gasteiger partial charge in [-0.3, -0.25) is 9.69 Å². The molecule has 1 saturated heterocycles. The van der Waals surface area contributed by atoms with E-state index in [-0.39, 0.29) is 5.41 Å². The molecule has 3 rings (SSSR count). The lowest BCUT2D eigenvalue weighted by Crippen LogP contribution is -2.48. The van der Waals surface area contributed by atoms with Crippen LogP contribution in [0.25, 0.3) is 0 Å². The third-order valence-electron chi connectivity index (χ3n) is 6.19. The Labute approximate surface area is 159 Å². The number of amides is 1. The highest BCUT2D eigenvalue weighted by Gasteiger charge is 2.23. The zero-order chi connectivity index (χ0) is 18.6. The van der Waals surface area contributed by atoms with E-state index in [2.05, 4.69) is 54.8 Å². The van der Waals surface area contributed by atoms with E-state index < -0.39 is 0 Å². The van der Waals surface area contributed by atoms with Gasteiger partial charge in [-0.25, -0.2) is 0 Å². The number of hydrogen-bond donors (Lipinski definition) is 0. The third-order valence-corrected chi connectivity index (χ3v) is 6.19. The van der Waals surface area contributed by atoms with Crippen LogP contribution in [0.15, 0.2) is 24.3 Å². The summed E-state index contributed by atoms with van der Waals surface area (Å²) in [7, 11) is 0. The number of benzene rings is 1. The maximum atomic E-state index is 12.5. The van der Waals surface area contributed by atoms with E-state index in [1.807, 2.05) is 0 Å². The van der Waals surface area contributed by atoms with Crippen LogP contribution in [-0.4, -0.2) is 41.9 Å². The number of hydrogen-bond acceptors (Lipinski definition) is 2. The minimum Gasteiger partial charge on any atom is -0.340 e. The molecule has 0 aromatic heterocycles. The molecule has 1 heterocycles. The first-order valence-electron chi connectivity index (χ1n) is 10.5. The largest absolute Gasteiger partial charge is 0.340 e. The van der Waals surface area contributed by atoms with Crippen LogP contribution in [-0.2, 0) is 16.8 Å². The lowest BCUT2D eigenvalue weighted by atomic mass is 9.87. The summed E-state index contributed by atoms with van der Waals surface area (Å²) in [6.45, 7) is 11.5. The first kappa shape index (κ1) is 19.4. The second-order valence-electron chi connectivity index (χ2n) is 9.29. The summed E-state index contributed by atoms with van der Waals surface area (Å²) in [5.74, 6) is 1.20. The highest BCUT2D eigenvalue weighted by atomic mass is 16.2. The Morgan fingerprint density at radius 1 is 1.00 bits per heavy atom. The number of rotatable bonds is 5. The summed E-state index contributed by atoms with van der Waals surface area (Å²) in [4.78, 5) is 17.0. The standard InChI is InChI=1S/C23H36N2O/c1-23(2,3)21-11-8-20(9-12-21)18-24-14-16-25(17-15-24)22(26)13-10-19-6-4-5-7-19/h8-9,11-12,19H,4-7,10,13-18H2,1-3H3. The van der Waals surface area contributed by atoms with Gasteiger partial charge in [0.25, 0.3) is 0 Å². The zero-order valence-corrected chi connectivity index (χ0v) is 17.0. The molecule has 26 heavy (non-hydrogen) atoms. The Kier molecular flexibility index (Phi) is 6.39. The van der Waals surface area contributed by atoms with Gasteiger partial charge in [0.15, 0.2) is 0 Å². The molecule has 0 unspecified atom stereocenters. The molecular formula is C23H36N2O. The van der Waals surface area contributed by atoms with Gasteiger partial charge in [-0.1, -0.05) is 70.7 Å². The van der Waals surface area contributed by atoms with E-state index in [4.69, 9.17) is 0 Å². The van der Waals surface area contributed by atoms with Crippen LogP contribution in [0.1, 0.15) is 70.4 Å². The fourth-order valence-corrected chi connectivity index (χ4v) is 4.31. The van der Waals surface area contributed by atoms with Crippen molar-refractivity contribution in [3.8, 4) is 0 Å². The molecule has 2 fully saturated rings. The molecule has 0 atom stereocenters. The summed E-state index contributed by atoms with van der Waals surface area (Å²) >= 11 is 0. The van der Waals surface area contributed by atoms with Crippen molar-refractivity contribution in [3.63, 3.8) is 0 Å². The minimum atomic E-state index is 0.211. The predicted molar refractivity (Wildman–Crippen MR) is 108 cm³/mol. The maximum Gasteiger partial charge on any atom is 0.222 e. The van der Waals surface area contributed by atoms with Crippen molar-refractivity contribution in [1.29, 1.82) is 0 Å². The van der Waals surface area contributed by atoms with E-state index in [1.54, 1.807) is 0 Å². The van der Waals surface area contributed by atoms with Crippen molar-refractivity contribution in [2.45, 2.75) is 71.3 Å². The van der Waals surface area contributed by atoms with Crippen molar-refractivity contribution < 1.29 is 4.79 Å². The normalized spacial score (nSPS) is 19.9. The number of carbonyl (C=O) groups is 1. The Balaban J connectivity index is 1.41. The molecule has 1 saturated carbocycles. The monoisotopic (exact) mass is 356 g/mol. The molecule has 1 aliphatic heterocycles. The second kappa shape index (κ2) is 8.56. The average Bonchev–Trinajstić information content (AvgIpc) is 3.13. The molecule has 3 nitrogen and oxygen atoms in total. The first-order valence-corrected chi connectivity index (χ1v) is 10.5. The Bertz CT molecular complexity index is 573. The highest BCUT2D eigenvalue weighted by Crippen LogP contribution is 2.29. The van der Waals surface area contributed by atoms with E-state index in [9.17, 15) is 4.79 Å². The smallest absolute Gasteiger partial charge is 0.222 e. The van der Waals surface area contributed by atoms with Gasteiger partial charge in [-0.2, -0.15) is 0 Å². The molecular weight excluding hydrogens is 320 g/mol. The van der Waals surface area contributed by atoms with Gasteiger partial charge in [0.05, 0.1) is 0 Å². The van der Waals surface area contributed by atoms with Crippen LogP contribution < -0.4 is 0 Å². The zero-order valence-electron chi connectivity index (χ0n) is 17.0. The van der Waals surface area contributed by atoms with Crippen molar-refractivity contribution in [1.82, 2.24) is 9.80 Å². The van der Waals surface area contributed by atoms with Gasteiger partial charge in [0, 0.05) is 39.1 Å². The van der Waals surface area contributed by atoms with Crippen LogP contribution in [0.4, 0.5) is 0 Å². The van der Waals surface area contributed by atoms with E-state index in [0.29, 0.717) is 5.91 Å². The van der Waals surface area contributed by atoms with Gasteiger partial charge < -0.3 is 4.90 Å². The van der Waals surface area contributed by atoms with Gasteiger partial charge in [-0.15, -0.1) is 0 Å². The molecule has 0 N–H and O–H groups in total. The van der Waals surface area contributed by atoms with Gasteiger partial charge >= 0.3 is 0 Å². The van der Waals surface area contributed by atoms with Crippen LogP contribution in [0.5, 0.6) is 0 Å². The summed E-state index contributed by atoms with van der Waals surface area (Å²) in [6, 6.07) is 9.05. The van der Waals surface area contributed by atoms with E-state index in [1.165, 1.54) is 36.8 Å². The van der Waals surface area contributed by atoms with Crippen molar-refractivity contribution in [2.24, 2.45) is 5.92 Å². The molecule has 1 aliphatic carbocycles. The van der Waals surface area contributed by atoms with Crippen LogP contribution in [0.3, 0.4) is 0 Å². The van der Waals surface area contributed by atoms with Gasteiger partial charge in [-0.05, 0) is 28.9 Å². The lowest BCUT2D eigenvalue weighted by Gasteiger charge is -2.35. The predicted octanol–water partition coefficient (Wildman–Crippen LogP) is 4.60. The molecule has 1 amide bonds. The molecule has 0 spiro atoms. The fraction of sp³-hybridized carbons (Fsp3) is 0.696. The quantitative estimate of drug-likeness (QED) is 0.770. The third kappa shape index (κ3) is 5.33. The Morgan fingerprint density at radius 3 is 2.19 bits per heavy atom. The van der Waals surface area contributed by atoms with Crippen molar-refractivity contribution in [3.05, 3.63) is 35.4 Å². The second-order valence-corrected chi connectivity index (χ2v) is 9.29.